The van der Waals surface area contributed by atoms with Crippen LogP contribution in [0.1, 0.15) is 10.4 Å². The smallest absolute Gasteiger partial charge is 0.229 e. The molecule has 5 nitrogen and oxygen atoms in total. The molecule has 0 fully saturated rings. The largest absolute Gasteiger partial charge is 0.508 e. The lowest BCUT2D eigenvalue weighted by Gasteiger charge is -2.01. The average molecular weight is 245 g/mol. The zero-order valence-corrected chi connectivity index (χ0v) is 9.01. The number of phenolic OH excluding ortho intramolecular Hbond substituents is 1. The van der Waals surface area contributed by atoms with Crippen LogP contribution >= 0.6 is 11.8 Å². The average Bonchev–Trinajstić information content (AvgIpc) is 2.42. The van der Waals surface area contributed by atoms with Crippen LogP contribution in [0.5, 0.6) is 5.75 Å². The maximum absolute atomic E-state index is 11.6. The molecule has 3 N–H and O–H groups in total. The van der Waals surface area contributed by atoms with Gasteiger partial charge in [0.15, 0.2) is 10.4 Å². The van der Waals surface area contributed by atoms with E-state index in [1.165, 1.54) is 18.2 Å². The van der Waals surface area contributed by atoms with Crippen molar-refractivity contribution >= 4 is 27.6 Å². The minimum atomic E-state index is -3.90. The van der Waals surface area contributed by atoms with Gasteiger partial charge in [0.25, 0.3) is 0 Å². The van der Waals surface area contributed by atoms with Gasteiger partial charge in [-0.3, -0.25) is 4.79 Å². The summed E-state index contributed by atoms with van der Waals surface area (Å²) in [6.45, 7) is 0. The second-order valence-electron chi connectivity index (χ2n) is 3.08. The lowest BCUT2D eigenvalue weighted by Crippen LogP contribution is -2.29. The van der Waals surface area contributed by atoms with Crippen molar-refractivity contribution in [3.63, 3.8) is 0 Å². The lowest BCUT2D eigenvalue weighted by molar-refractivity contribution is 0.101. The molecule has 80 valence electrons. The van der Waals surface area contributed by atoms with Crippen LogP contribution in [-0.2, 0) is 10.0 Å². The Labute approximate surface area is 90.3 Å². The quantitative estimate of drug-likeness (QED) is 0.741. The third-order valence-corrected chi connectivity index (χ3v) is 4.90. The maximum atomic E-state index is 11.6. The van der Waals surface area contributed by atoms with Crippen molar-refractivity contribution in [1.29, 1.82) is 0 Å². The molecule has 0 amide bonds. The third kappa shape index (κ3) is 1.73. The fraction of sp³-hybridized carbons (Fsp3) is 0.125. The molecule has 0 spiro atoms. The highest BCUT2D eigenvalue weighted by atomic mass is 32.3. The molecule has 1 heterocycles. The van der Waals surface area contributed by atoms with Crippen LogP contribution in [0.15, 0.2) is 23.1 Å². The minimum absolute atomic E-state index is 0.0101. The van der Waals surface area contributed by atoms with Gasteiger partial charge in [-0.25, -0.2) is 13.6 Å². The van der Waals surface area contributed by atoms with Crippen molar-refractivity contribution in [2.75, 3.05) is 0 Å². The van der Waals surface area contributed by atoms with E-state index >= 15 is 0 Å². The van der Waals surface area contributed by atoms with Crippen molar-refractivity contribution in [1.82, 2.24) is 0 Å². The molecule has 15 heavy (non-hydrogen) atoms. The fourth-order valence-corrected chi connectivity index (χ4v) is 3.55. The number of sulfonamides is 1. The van der Waals surface area contributed by atoms with Crippen molar-refractivity contribution in [3.05, 3.63) is 23.8 Å². The predicted octanol–water partition coefficient (Wildman–Crippen LogP) is 0.295. The number of hydrogen-bond donors (Lipinski definition) is 2. The Kier molecular flexibility index (Phi) is 2.25. The van der Waals surface area contributed by atoms with Crippen LogP contribution in [-0.4, -0.2) is 23.9 Å². The Morgan fingerprint density at radius 1 is 1.40 bits per heavy atom. The Hall–Kier alpha value is -1.05. The van der Waals surface area contributed by atoms with Crippen molar-refractivity contribution in [2.45, 2.75) is 9.48 Å². The van der Waals surface area contributed by atoms with Gasteiger partial charge in [0.1, 0.15) is 5.75 Å². The van der Waals surface area contributed by atoms with Crippen LogP contribution in [0.4, 0.5) is 0 Å². The summed E-state index contributed by atoms with van der Waals surface area (Å²) >= 11 is 0.843. The van der Waals surface area contributed by atoms with Crippen LogP contribution in [0.3, 0.4) is 0 Å². The molecule has 0 bridgehead atoms. The van der Waals surface area contributed by atoms with Crippen LogP contribution in [0, 0.1) is 0 Å². The van der Waals surface area contributed by atoms with E-state index in [1.54, 1.807) is 0 Å². The molecule has 7 heteroatoms. The highest BCUT2D eigenvalue weighted by Crippen LogP contribution is 2.40. The molecule has 2 rings (SSSR count). The van der Waals surface area contributed by atoms with E-state index in [2.05, 4.69) is 0 Å². The highest BCUT2D eigenvalue weighted by Gasteiger charge is 2.39. The molecule has 1 aromatic rings. The van der Waals surface area contributed by atoms with Gasteiger partial charge in [0, 0.05) is 10.5 Å². The number of thioether (sulfide) groups is 1. The third-order valence-electron chi connectivity index (χ3n) is 1.98. The topological polar surface area (TPSA) is 97.5 Å². The Morgan fingerprint density at radius 2 is 2.07 bits per heavy atom. The number of aromatic hydroxyl groups is 1. The summed E-state index contributed by atoms with van der Waals surface area (Å²) in [6, 6.07) is 4.08. The first-order valence-corrected chi connectivity index (χ1v) is 6.44. The molecule has 1 atom stereocenters. The Bertz CT molecular complexity index is 538. The van der Waals surface area contributed by atoms with Gasteiger partial charge in [0.2, 0.25) is 10.0 Å². The normalized spacial score (nSPS) is 20.3. The molecule has 0 radical (unpaired) electrons. The van der Waals surface area contributed by atoms with E-state index in [4.69, 9.17) is 10.2 Å². The number of benzene rings is 1. The molecule has 0 aromatic heterocycles. The summed E-state index contributed by atoms with van der Waals surface area (Å²) in [5, 5.41) is 14.1. The second kappa shape index (κ2) is 3.22. The van der Waals surface area contributed by atoms with Crippen LogP contribution in [0.2, 0.25) is 0 Å². The number of primary sulfonamides is 1. The van der Waals surface area contributed by atoms with Crippen LogP contribution in [0.25, 0.3) is 0 Å². The SMILES string of the molecule is NS(=O)(=O)C1Sc2cc(O)ccc2C1=O. The number of carbonyl (C=O) groups is 1. The number of carbonyl (C=O) groups excluding carboxylic acids is 1. The molecule has 0 saturated heterocycles. The first kappa shape index (κ1) is 10.5. The van der Waals surface area contributed by atoms with E-state index in [0.29, 0.717) is 4.90 Å². The summed E-state index contributed by atoms with van der Waals surface area (Å²) in [5.41, 5.74) is 0.289. The van der Waals surface area contributed by atoms with Gasteiger partial charge in [-0.1, -0.05) is 11.8 Å². The zero-order chi connectivity index (χ0) is 11.2. The van der Waals surface area contributed by atoms with E-state index < -0.39 is 20.4 Å². The van der Waals surface area contributed by atoms with Crippen molar-refractivity contribution in [3.8, 4) is 5.75 Å². The first-order valence-electron chi connectivity index (χ1n) is 3.95. The molecule has 0 aliphatic carbocycles. The van der Waals surface area contributed by atoms with E-state index in [9.17, 15) is 13.2 Å². The molecule has 0 saturated carbocycles. The summed E-state index contributed by atoms with van der Waals surface area (Å²) < 4.78 is 20.9. The van der Waals surface area contributed by atoms with Gasteiger partial charge in [-0.15, -0.1) is 0 Å². The van der Waals surface area contributed by atoms with Gasteiger partial charge in [-0.2, -0.15) is 0 Å². The first-order chi connectivity index (χ1) is 6.89. The Balaban J connectivity index is 2.51. The minimum Gasteiger partial charge on any atom is -0.508 e. The number of ketones is 1. The van der Waals surface area contributed by atoms with E-state index in [-0.39, 0.29) is 11.3 Å². The summed E-state index contributed by atoms with van der Waals surface area (Å²) in [4.78, 5) is 12.0. The van der Waals surface area contributed by atoms with Crippen molar-refractivity contribution < 1.29 is 18.3 Å². The highest BCUT2D eigenvalue weighted by molar-refractivity contribution is 8.14. The lowest BCUT2D eigenvalue weighted by atomic mass is 10.1. The Morgan fingerprint density at radius 3 is 2.67 bits per heavy atom. The fourth-order valence-electron chi connectivity index (χ4n) is 1.32. The summed E-state index contributed by atoms with van der Waals surface area (Å²) in [5.74, 6) is -0.540. The standard InChI is InChI=1S/C8H7NO4S2/c9-15(12,13)8-7(11)5-2-1-4(10)3-6(5)14-8/h1-3,8,10H,(H2,9,12,13). The molecule has 1 unspecified atom stereocenters. The van der Waals surface area contributed by atoms with Gasteiger partial charge in [0.05, 0.1) is 0 Å². The predicted molar refractivity (Wildman–Crippen MR) is 55.2 cm³/mol. The van der Waals surface area contributed by atoms with Crippen LogP contribution < -0.4 is 5.14 Å². The van der Waals surface area contributed by atoms with Gasteiger partial charge >= 0.3 is 0 Å². The van der Waals surface area contributed by atoms with Crippen molar-refractivity contribution in [2.24, 2.45) is 5.14 Å². The molecular formula is C8H7NO4S2. The number of Topliss-reactive ketones (excluding diaryl/α,β-unsaturated/α-hetero) is 1. The van der Waals surface area contributed by atoms with E-state index in [1.807, 2.05) is 0 Å². The summed E-state index contributed by atoms with van der Waals surface area (Å²) in [7, 11) is -3.90. The summed E-state index contributed by atoms with van der Waals surface area (Å²) in [6.07, 6.45) is 0. The number of rotatable bonds is 1. The maximum Gasteiger partial charge on any atom is 0.229 e. The number of hydrogen-bond acceptors (Lipinski definition) is 5. The molecule has 1 aliphatic rings. The van der Waals surface area contributed by atoms with Gasteiger partial charge in [-0.05, 0) is 18.2 Å². The number of phenols is 1. The molecule has 1 aromatic carbocycles. The molecule has 1 aliphatic heterocycles. The van der Waals surface area contributed by atoms with E-state index in [0.717, 1.165) is 11.8 Å². The monoisotopic (exact) mass is 245 g/mol. The zero-order valence-electron chi connectivity index (χ0n) is 7.38. The second-order valence-corrected chi connectivity index (χ2v) is 6.18. The number of nitrogens with two attached hydrogens (primary N) is 1. The molecular weight excluding hydrogens is 238 g/mol. The van der Waals surface area contributed by atoms with Gasteiger partial charge < -0.3 is 5.11 Å². The number of fused-ring (bicyclic) bond motifs is 1.